The highest BCUT2D eigenvalue weighted by Crippen LogP contribution is 2.11. The summed E-state index contributed by atoms with van der Waals surface area (Å²) in [5.41, 5.74) is 2.13. The lowest BCUT2D eigenvalue weighted by molar-refractivity contribution is 0.625. The monoisotopic (exact) mass is 231 g/mol. The summed E-state index contributed by atoms with van der Waals surface area (Å²) in [6.07, 6.45) is 4.04. The number of nitrogens with one attached hydrogen (secondary N) is 1. The van der Waals surface area contributed by atoms with Crippen LogP contribution in [-0.2, 0) is 6.42 Å². The first-order chi connectivity index (χ1) is 8.25. The van der Waals surface area contributed by atoms with E-state index >= 15 is 0 Å². The summed E-state index contributed by atoms with van der Waals surface area (Å²) in [4.78, 5) is 7.91. The van der Waals surface area contributed by atoms with E-state index in [4.69, 9.17) is 0 Å². The van der Waals surface area contributed by atoms with Gasteiger partial charge in [0.1, 0.15) is 18.0 Å². The van der Waals surface area contributed by atoms with Crippen LogP contribution >= 0.6 is 0 Å². The van der Waals surface area contributed by atoms with Crippen molar-refractivity contribution in [3.05, 3.63) is 53.7 Å². The largest absolute Gasteiger partial charge is 0.370 e. The van der Waals surface area contributed by atoms with E-state index in [1.807, 2.05) is 19.1 Å². The molecule has 1 N–H and O–H groups in total. The minimum absolute atomic E-state index is 0.185. The normalized spacial score (nSPS) is 10.2. The van der Waals surface area contributed by atoms with Crippen molar-refractivity contribution in [2.45, 2.75) is 13.3 Å². The topological polar surface area (TPSA) is 37.8 Å². The molecule has 0 saturated heterocycles. The summed E-state index contributed by atoms with van der Waals surface area (Å²) in [6, 6.07) is 6.69. The maximum Gasteiger partial charge on any atom is 0.129 e. The van der Waals surface area contributed by atoms with Crippen LogP contribution in [0, 0.1) is 12.7 Å². The molecule has 1 aromatic heterocycles. The van der Waals surface area contributed by atoms with Crippen LogP contribution in [-0.4, -0.2) is 16.5 Å². The molecule has 4 heteroatoms. The minimum atomic E-state index is -0.185. The van der Waals surface area contributed by atoms with Gasteiger partial charge in [-0.2, -0.15) is 0 Å². The number of nitrogens with zero attached hydrogens (tertiary/aromatic N) is 2. The number of hydrogen-bond donors (Lipinski definition) is 1. The minimum Gasteiger partial charge on any atom is -0.370 e. The third kappa shape index (κ3) is 3.24. The van der Waals surface area contributed by atoms with Crippen molar-refractivity contribution in [2.75, 3.05) is 11.9 Å². The van der Waals surface area contributed by atoms with Crippen molar-refractivity contribution < 1.29 is 4.39 Å². The first kappa shape index (κ1) is 11.5. The van der Waals surface area contributed by atoms with E-state index in [9.17, 15) is 4.39 Å². The molecule has 0 unspecified atom stereocenters. The Morgan fingerprint density at radius 2 is 2.18 bits per heavy atom. The number of aromatic nitrogens is 2. The highest BCUT2D eigenvalue weighted by atomic mass is 19.1. The summed E-state index contributed by atoms with van der Waals surface area (Å²) in [7, 11) is 0. The number of aryl methyl sites for hydroxylation is 1. The van der Waals surface area contributed by atoms with Crippen LogP contribution in [0.15, 0.2) is 36.8 Å². The standard InChI is InChI=1S/C13H14FN3/c1-10-8-12(14)3-2-11(10)4-7-16-13-5-6-15-9-17-13/h2-3,5-6,8-9H,4,7H2,1H3,(H,15,16,17). The fraction of sp³-hybridized carbons (Fsp3) is 0.231. The van der Waals surface area contributed by atoms with Crippen LogP contribution in [0.5, 0.6) is 0 Å². The Hall–Kier alpha value is -1.97. The second kappa shape index (κ2) is 5.39. The summed E-state index contributed by atoms with van der Waals surface area (Å²) >= 11 is 0. The molecule has 2 aromatic rings. The van der Waals surface area contributed by atoms with E-state index < -0.39 is 0 Å². The highest BCUT2D eigenvalue weighted by molar-refractivity contribution is 5.33. The number of anilines is 1. The zero-order chi connectivity index (χ0) is 12.1. The molecule has 3 nitrogen and oxygen atoms in total. The molecule has 0 bridgehead atoms. The molecule has 1 aromatic carbocycles. The van der Waals surface area contributed by atoms with Gasteiger partial charge in [-0.15, -0.1) is 0 Å². The maximum absolute atomic E-state index is 12.9. The van der Waals surface area contributed by atoms with Gasteiger partial charge in [-0.3, -0.25) is 0 Å². The Morgan fingerprint density at radius 3 is 2.88 bits per heavy atom. The number of rotatable bonds is 4. The molecular formula is C13H14FN3. The average Bonchev–Trinajstić information content (AvgIpc) is 2.33. The molecule has 2 rings (SSSR count). The highest BCUT2D eigenvalue weighted by Gasteiger charge is 2.00. The van der Waals surface area contributed by atoms with E-state index in [2.05, 4.69) is 15.3 Å². The van der Waals surface area contributed by atoms with E-state index in [0.29, 0.717) is 0 Å². The number of halogens is 1. The molecule has 0 saturated carbocycles. The van der Waals surface area contributed by atoms with Gasteiger partial charge in [0.25, 0.3) is 0 Å². The molecule has 1 heterocycles. The zero-order valence-electron chi connectivity index (χ0n) is 9.65. The first-order valence-electron chi connectivity index (χ1n) is 5.50. The van der Waals surface area contributed by atoms with Gasteiger partial charge >= 0.3 is 0 Å². The van der Waals surface area contributed by atoms with Gasteiger partial charge in [-0.1, -0.05) is 6.07 Å². The van der Waals surface area contributed by atoms with Crippen LogP contribution in [0.1, 0.15) is 11.1 Å². The van der Waals surface area contributed by atoms with Crippen LogP contribution in [0.2, 0.25) is 0 Å². The Balaban J connectivity index is 1.90. The lowest BCUT2D eigenvalue weighted by Crippen LogP contribution is -2.07. The van der Waals surface area contributed by atoms with Crippen molar-refractivity contribution >= 4 is 5.82 Å². The molecule has 88 valence electrons. The number of benzene rings is 1. The van der Waals surface area contributed by atoms with Crippen molar-refractivity contribution in [2.24, 2.45) is 0 Å². The van der Waals surface area contributed by atoms with Gasteiger partial charge in [0.05, 0.1) is 0 Å². The van der Waals surface area contributed by atoms with E-state index in [0.717, 1.165) is 29.9 Å². The molecule has 0 atom stereocenters. The quantitative estimate of drug-likeness (QED) is 0.878. The van der Waals surface area contributed by atoms with Gasteiger partial charge in [-0.25, -0.2) is 14.4 Å². The molecule has 0 fully saturated rings. The maximum atomic E-state index is 12.9. The van der Waals surface area contributed by atoms with Gasteiger partial charge < -0.3 is 5.32 Å². The van der Waals surface area contributed by atoms with E-state index in [1.54, 1.807) is 12.3 Å². The zero-order valence-corrected chi connectivity index (χ0v) is 9.65. The van der Waals surface area contributed by atoms with Crippen LogP contribution in [0.4, 0.5) is 10.2 Å². The van der Waals surface area contributed by atoms with Gasteiger partial charge in [-0.05, 0) is 42.7 Å². The Morgan fingerprint density at radius 1 is 1.29 bits per heavy atom. The second-order valence-corrected chi connectivity index (χ2v) is 3.84. The van der Waals surface area contributed by atoms with Crippen molar-refractivity contribution in [3.8, 4) is 0 Å². The molecule has 0 aliphatic heterocycles. The smallest absolute Gasteiger partial charge is 0.129 e. The molecule has 0 aliphatic carbocycles. The first-order valence-corrected chi connectivity index (χ1v) is 5.50. The molecular weight excluding hydrogens is 217 g/mol. The van der Waals surface area contributed by atoms with Crippen molar-refractivity contribution in [3.63, 3.8) is 0 Å². The Kier molecular flexibility index (Phi) is 3.65. The SMILES string of the molecule is Cc1cc(F)ccc1CCNc1ccncn1. The lowest BCUT2D eigenvalue weighted by Gasteiger charge is -2.07. The predicted octanol–water partition coefficient (Wildman–Crippen LogP) is 2.58. The van der Waals surface area contributed by atoms with Crippen LogP contribution < -0.4 is 5.32 Å². The third-order valence-corrected chi connectivity index (χ3v) is 2.59. The number of hydrogen-bond acceptors (Lipinski definition) is 3. The summed E-state index contributed by atoms with van der Waals surface area (Å²) in [6.45, 7) is 2.69. The predicted molar refractivity (Wildman–Crippen MR) is 65.4 cm³/mol. The summed E-state index contributed by atoms with van der Waals surface area (Å²) < 4.78 is 12.9. The summed E-state index contributed by atoms with van der Waals surface area (Å²) in [5.74, 6) is 0.620. The fourth-order valence-corrected chi connectivity index (χ4v) is 1.66. The second-order valence-electron chi connectivity index (χ2n) is 3.84. The average molecular weight is 231 g/mol. The molecule has 0 radical (unpaired) electrons. The fourth-order valence-electron chi connectivity index (χ4n) is 1.66. The summed E-state index contributed by atoms with van der Waals surface area (Å²) in [5, 5.41) is 3.19. The van der Waals surface area contributed by atoms with E-state index in [1.165, 1.54) is 12.4 Å². The Bertz CT molecular complexity index is 485. The van der Waals surface area contributed by atoms with E-state index in [-0.39, 0.29) is 5.82 Å². The van der Waals surface area contributed by atoms with Crippen LogP contribution in [0.25, 0.3) is 0 Å². The van der Waals surface area contributed by atoms with Crippen molar-refractivity contribution in [1.29, 1.82) is 0 Å². The van der Waals surface area contributed by atoms with Gasteiger partial charge in [0, 0.05) is 12.7 Å². The lowest BCUT2D eigenvalue weighted by atomic mass is 10.1. The molecule has 0 spiro atoms. The van der Waals surface area contributed by atoms with Crippen molar-refractivity contribution in [1.82, 2.24) is 9.97 Å². The molecule has 0 amide bonds. The van der Waals surface area contributed by atoms with Gasteiger partial charge in [0.2, 0.25) is 0 Å². The molecule has 0 aliphatic rings. The van der Waals surface area contributed by atoms with Gasteiger partial charge in [0.15, 0.2) is 0 Å². The van der Waals surface area contributed by atoms with Crippen LogP contribution in [0.3, 0.4) is 0 Å². The third-order valence-electron chi connectivity index (χ3n) is 2.59. The molecule has 17 heavy (non-hydrogen) atoms. The Labute approximate surface area is 99.7 Å².